The van der Waals surface area contributed by atoms with Crippen LogP contribution in [0.15, 0.2) is 53.7 Å². The summed E-state index contributed by atoms with van der Waals surface area (Å²) in [6.07, 6.45) is 3.55. The summed E-state index contributed by atoms with van der Waals surface area (Å²) < 4.78 is 26.8. The number of amides is 2. The number of anilines is 4. The smallest absolute Gasteiger partial charge is 0.273 e. The summed E-state index contributed by atoms with van der Waals surface area (Å²) >= 11 is 0. The zero-order valence-corrected chi connectivity index (χ0v) is 30.2. The van der Waals surface area contributed by atoms with Gasteiger partial charge in [0.25, 0.3) is 5.91 Å². The van der Waals surface area contributed by atoms with Crippen molar-refractivity contribution in [3.8, 4) is 11.1 Å². The standard InChI is InChI=1S/C32H34B2N10O4S.C2H6/c1-4-49(47,48)27-10-6-9-25(38-27)32(33,34)43-15-19(16-43)44-24-17-42(3)29-20(21(24)14-36-44)7-5-8-22(29)37-23-13-26(39-30(45)18-11-12-18)40-41-28(23)31(46)35-2;1-2/h5-10,13-14,18-19H,4,11-12,15-17H2,1-3H3,(H,35,46)(H2,37,39,40,45);1-2H3. The maximum atomic E-state index is 12.7. The largest absolute Gasteiger partial charge is 0.366 e. The molecule has 17 heteroatoms. The van der Waals surface area contributed by atoms with Crippen LogP contribution in [0.2, 0.25) is 0 Å². The van der Waals surface area contributed by atoms with Crippen molar-refractivity contribution in [3.05, 3.63) is 65.7 Å². The lowest BCUT2D eigenvalue weighted by Crippen LogP contribution is -2.60. The van der Waals surface area contributed by atoms with Gasteiger partial charge in [0.15, 0.2) is 26.4 Å². The van der Waals surface area contributed by atoms with Crippen molar-refractivity contribution < 1.29 is 18.0 Å². The number of sulfone groups is 1. The Hall–Kier alpha value is -4.76. The van der Waals surface area contributed by atoms with E-state index in [1.807, 2.05) is 54.9 Å². The third-order valence-electron chi connectivity index (χ3n) is 9.26. The first-order valence-corrected chi connectivity index (χ1v) is 18.7. The van der Waals surface area contributed by atoms with E-state index in [9.17, 15) is 18.0 Å². The Labute approximate surface area is 300 Å². The molecular weight excluding hydrogens is 666 g/mol. The molecule has 2 fully saturated rings. The lowest BCUT2D eigenvalue weighted by molar-refractivity contribution is -0.117. The first-order valence-electron chi connectivity index (χ1n) is 17.0. The number of carbonyl (C=O) groups is 2. The van der Waals surface area contributed by atoms with Crippen LogP contribution >= 0.6 is 0 Å². The molecule has 3 N–H and O–H groups in total. The zero-order valence-electron chi connectivity index (χ0n) is 29.3. The lowest BCUT2D eigenvalue weighted by atomic mass is 9.57. The number of benzene rings is 1. The molecule has 1 aliphatic carbocycles. The van der Waals surface area contributed by atoms with Gasteiger partial charge in [0.05, 0.1) is 63.0 Å². The van der Waals surface area contributed by atoms with Gasteiger partial charge in [-0.1, -0.05) is 39.0 Å². The summed E-state index contributed by atoms with van der Waals surface area (Å²) in [6.45, 7) is 7.09. The Kier molecular flexibility index (Phi) is 9.97. The fourth-order valence-electron chi connectivity index (χ4n) is 6.25. The summed E-state index contributed by atoms with van der Waals surface area (Å²) in [5.74, 6) is -0.355. The van der Waals surface area contributed by atoms with Crippen molar-refractivity contribution >= 4 is 60.2 Å². The number of nitrogens with one attached hydrogen (secondary N) is 3. The molecule has 14 nitrogen and oxygen atoms in total. The summed E-state index contributed by atoms with van der Waals surface area (Å²) in [4.78, 5) is 33.4. The van der Waals surface area contributed by atoms with Gasteiger partial charge in [-0.2, -0.15) is 5.10 Å². The molecule has 0 unspecified atom stereocenters. The Morgan fingerprint density at radius 1 is 1.02 bits per heavy atom. The fourth-order valence-corrected chi connectivity index (χ4v) is 7.07. The highest BCUT2D eigenvalue weighted by atomic mass is 32.2. The van der Waals surface area contributed by atoms with Crippen molar-refractivity contribution in [2.75, 3.05) is 48.5 Å². The minimum atomic E-state index is -3.52. The van der Waals surface area contributed by atoms with Crippen LogP contribution in [0, 0.1) is 5.92 Å². The average molecular weight is 706 g/mol. The molecule has 262 valence electrons. The second-order valence-electron chi connectivity index (χ2n) is 12.6. The molecule has 51 heavy (non-hydrogen) atoms. The normalized spacial score (nSPS) is 15.8. The summed E-state index contributed by atoms with van der Waals surface area (Å²) in [5.41, 5.74) is 5.36. The van der Waals surface area contributed by atoms with Crippen LogP contribution in [0.3, 0.4) is 0 Å². The van der Waals surface area contributed by atoms with Crippen LogP contribution in [0.5, 0.6) is 0 Å². The predicted octanol–water partition coefficient (Wildman–Crippen LogP) is 2.96. The number of hydrogen-bond acceptors (Lipinski definition) is 11. The van der Waals surface area contributed by atoms with Gasteiger partial charge in [-0.05, 0) is 36.4 Å². The topological polar surface area (TPSA) is 167 Å². The SMILES string of the molecule is CC.[B]C([B])(c1cccc(S(=O)(=O)CC)n1)N1CC(n2ncc3c2CN(C)c2c(Nc4cc(NC(=O)C5CC5)nnc4C(=O)NC)cccc2-3)C1. The molecule has 1 aromatic carbocycles. The minimum Gasteiger partial charge on any atom is -0.366 e. The molecule has 0 atom stereocenters. The van der Waals surface area contributed by atoms with Crippen molar-refractivity contribution in [1.82, 2.24) is 35.2 Å². The molecule has 7 rings (SSSR count). The number of nitrogens with zero attached hydrogens (tertiary/aromatic N) is 7. The highest BCUT2D eigenvalue weighted by Gasteiger charge is 2.41. The van der Waals surface area contributed by atoms with E-state index in [0.29, 0.717) is 25.3 Å². The van der Waals surface area contributed by atoms with E-state index < -0.39 is 21.1 Å². The van der Waals surface area contributed by atoms with E-state index in [1.165, 1.54) is 13.1 Å². The number of hydrogen-bond donors (Lipinski definition) is 3. The Bertz CT molecular complexity index is 2080. The Balaban J connectivity index is 0.00000220. The average Bonchev–Trinajstić information content (AvgIpc) is 3.89. The van der Waals surface area contributed by atoms with Gasteiger partial charge in [0, 0.05) is 56.0 Å². The monoisotopic (exact) mass is 706 g/mol. The van der Waals surface area contributed by atoms with E-state index in [0.717, 1.165) is 41.0 Å². The summed E-state index contributed by atoms with van der Waals surface area (Å²) in [7, 11) is 13.1. The quantitative estimate of drug-likeness (QED) is 0.208. The van der Waals surface area contributed by atoms with Gasteiger partial charge < -0.3 is 25.8 Å². The summed E-state index contributed by atoms with van der Waals surface area (Å²) in [6, 6.07) is 12.2. The number of likely N-dealkylation sites (tertiary alicyclic amines) is 1. The molecule has 1 saturated heterocycles. The van der Waals surface area contributed by atoms with E-state index in [-0.39, 0.29) is 45.9 Å². The van der Waals surface area contributed by atoms with Gasteiger partial charge in [0.2, 0.25) is 5.91 Å². The van der Waals surface area contributed by atoms with Crippen molar-refractivity contribution in [2.24, 2.45) is 5.92 Å². The minimum absolute atomic E-state index is 0.0151. The van der Waals surface area contributed by atoms with Crippen molar-refractivity contribution in [2.45, 2.75) is 56.6 Å². The number of aromatic nitrogens is 5. The third kappa shape index (κ3) is 6.84. The van der Waals surface area contributed by atoms with E-state index in [1.54, 1.807) is 25.1 Å². The molecule has 4 radical (unpaired) electrons. The highest BCUT2D eigenvalue weighted by Crippen LogP contribution is 2.45. The molecule has 3 aliphatic rings. The Morgan fingerprint density at radius 3 is 2.43 bits per heavy atom. The second kappa shape index (κ2) is 14.1. The first kappa shape index (κ1) is 36.0. The Morgan fingerprint density at radius 2 is 1.75 bits per heavy atom. The number of para-hydroxylation sites is 1. The van der Waals surface area contributed by atoms with Gasteiger partial charge in [-0.15, -0.1) is 10.2 Å². The van der Waals surface area contributed by atoms with Crippen LogP contribution in [0.25, 0.3) is 11.1 Å². The van der Waals surface area contributed by atoms with Crippen LogP contribution in [-0.2, 0) is 26.5 Å². The molecule has 2 amide bonds. The third-order valence-corrected chi connectivity index (χ3v) is 10.9. The lowest BCUT2D eigenvalue weighted by Gasteiger charge is -2.50. The fraction of sp³-hybridized carbons (Fsp3) is 0.412. The number of rotatable bonds is 10. The molecular formula is C34H40B2N10O4S. The molecule has 4 aromatic rings. The molecule has 5 heterocycles. The molecule has 2 aliphatic heterocycles. The van der Waals surface area contributed by atoms with Crippen LogP contribution in [0.4, 0.5) is 22.9 Å². The van der Waals surface area contributed by atoms with E-state index >= 15 is 0 Å². The van der Waals surface area contributed by atoms with Gasteiger partial charge in [0.1, 0.15) is 0 Å². The maximum absolute atomic E-state index is 12.7. The highest BCUT2D eigenvalue weighted by molar-refractivity contribution is 7.91. The number of pyridine rings is 1. The van der Waals surface area contributed by atoms with Crippen LogP contribution in [0.1, 0.15) is 61.5 Å². The summed E-state index contributed by atoms with van der Waals surface area (Å²) in [5, 5.41) is 20.2. The van der Waals surface area contributed by atoms with Gasteiger partial charge in [-0.25, -0.2) is 13.4 Å². The number of fused-ring (bicyclic) bond motifs is 3. The van der Waals surface area contributed by atoms with E-state index in [4.69, 9.17) is 20.8 Å². The number of carbonyl (C=O) groups excluding carboxylic acids is 2. The first-order chi connectivity index (χ1) is 24.4. The molecule has 0 spiro atoms. The molecule has 3 aromatic heterocycles. The van der Waals surface area contributed by atoms with Gasteiger partial charge >= 0.3 is 0 Å². The predicted molar refractivity (Wildman–Crippen MR) is 197 cm³/mol. The van der Waals surface area contributed by atoms with Gasteiger partial charge in [-0.3, -0.25) is 14.3 Å². The van der Waals surface area contributed by atoms with Crippen LogP contribution < -0.4 is 20.9 Å². The van der Waals surface area contributed by atoms with E-state index in [2.05, 4.69) is 36.0 Å². The zero-order chi connectivity index (χ0) is 36.7. The van der Waals surface area contributed by atoms with Crippen molar-refractivity contribution in [1.29, 1.82) is 0 Å². The maximum Gasteiger partial charge on any atom is 0.273 e. The second-order valence-corrected chi connectivity index (χ2v) is 14.8. The molecule has 0 bridgehead atoms. The molecule has 1 saturated carbocycles. The van der Waals surface area contributed by atoms with Crippen LogP contribution in [-0.4, -0.2) is 98.7 Å². The van der Waals surface area contributed by atoms with Crippen molar-refractivity contribution in [3.63, 3.8) is 0 Å².